The number of rotatable bonds is 7. The molecule has 0 spiro atoms. The molecule has 0 N–H and O–H groups in total. The minimum absolute atomic E-state index is 0.892. The van der Waals surface area contributed by atoms with Crippen LogP contribution in [-0.4, -0.2) is 4.57 Å². The van der Waals surface area contributed by atoms with Gasteiger partial charge in [0.15, 0.2) is 0 Å². The van der Waals surface area contributed by atoms with Crippen molar-refractivity contribution in [2.45, 2.75) is 0 Å². The predicted molar refractivity (Wildman–Crippen MR) is 274 cm³/mol. The van der Waals surface area contributed by atoms with Gasteiger partial charge in [0.25, 0.3) is 0 Å². The highest BCUT2D eigenvalue weighted by molar-refractivity contribution is 6.16. The molecule has 3 heteroatoms. The number of benzene rings is 11. The average molecular weight is 829 g/mol. The highest BCUT2D eigenvalue weighted by atomic mass is 16.3. The van der Waals surface area contributed by atoms with Crippen LogP contribution in [0, 0.1) is 0 Å². The van der Waals surface area contributed by atoms with Crippen LogP contribution in [0.1, 0.15) is 0 Å². The number of aromatic nitrogens is 1. The number of para-hydroxylation sites is 3. The Morgan fingerprint density at radius 2 is 0.892 bits per heavy atom. The van der Waals surface area contributed by atoms with Crippen molar-refractivity contribution in [3.8, 4) is 39.1 Å². The monoisotopic (exact) mass is 828 g/mol. The van der Waals surface area contributed by atoms with Gasteiger partial charge in [-0.15, -0.1) is 0 Å². The topological polar surface area (TPSA) is 21.3 Å². The Balaban J connectivity index is 0.893. The summed E-state index contributed by atoms with van der Waals surface area (Å²) < 4.78 is 8.71. The lowest BCUT2D eigenvalue weighted by atomic mass is 9.97. The van der Waals surface area contributed by atoms with Crippen LogP contribution in [0.25, 0.3) is 104 Å². The molecule has 0 atom stereocenters. The zero-order chi connectivity index (χ0) is 42.8. The van der Waals surface area contributed by atoms with Crippen molar-refractivity contribution in [1.82, 2.24) is 4.57 Å². The van der Waals surface area contributed by atoms with Gasteiger partial charge in [0.1, 0.15) is 11.2 Å². The Morgan fingerprint density at radius 3 is 1.68 bits per heavy atom. The minimum atomic E-state index is 0.892. The molecule has 0 saturated heterocycles. The van der Waals surface area contributed by atoms with Gasteiger partial charge in [-0.1, -0.05) is 176 Å². The van der Waals surface area contributed by atoms with Gasteiger partial charge < -0.3 is 13.9 Å². The lowest BCUT2D eigenvalue weighted by Gasteiger charge is -2.28. The molecular formula is C62H40N2O. The van der Waals surface area contributed by atoms with Gasteiger partial charge in [0, 0.05) is 44.0 Å². The Kier molecular flexibility index (Phi) is 8.53. The molecule has 13 aromatic rings. The summed E-state index contributed by atoms with van der Waals surface area (Å²) in [5, 5.41) is 9.67. The summed E-state index contributed by atoms with van der Waals surface area (Å²) in [6.07, 6.45) is 0. The van der Waals surface area contributed by atoms with E-state index in [0.717, 1.165) is 61.4 Å². The zero-order valence-corrected chi connectivity index (χ0v) is 35.4. The van der Waals surface area contributed by atoms with Crippen LogP contribution < -0.4 is 4.90 Å². The van der Waals surface area contributed by atoms with Crippen molar-refractivity contribution in [3.63, 3.8) is 0 Å². The molecule has 11 aromatic carbocycles. The summed E-state index contributed by atoms with van der Waals surface area (Å²) in [6, 6.07) is 87.7. The van der Waals surface area contributed by atoms with Crippen LogP contribution in [0.2, 0.25) is 0 Å². The van der Waals surface area contributed by atoms with Gasteiger partial charge in [0.05, 0.1) is 16.7 Å². The van der Waals surface area contributed by atoms with E-state index in [1.54, 1.807) is 0 Å². The Bertz CT molecular complexity index is 3900. The molecule has 3 nitrogen and oxygen atoms in total. The van der Waals surface area contributed by atoms with Crippen molar-refractivity contribution in [2.24, 2.45) is 0 Å². The van der Waals surface area contributed by atoms with Crippen LogP contribution in [0.15, 0.2) is 247 Å². The highest BCUT2D eigenvalue weighted by Gasteiger charge is 2.20. The van der Waals surface area contributed by atoms with E-state index in [1.807, 2.05) is 12.1 Å². The minimum Gasteiger partial charge on any atom is -0.456 e. The molecule has 0 aliphatic rings. The van der Waals surface area contributed by atoms with Crippen LogP contribution in [-0.2, 0) is 0 Å². The molecule has 13 rings (SSSR count). The fraction of sp³-hybridized carbons (Fsp3) is 0. The molecule has 0 bridgehead atoms. The summed E-state index contributed by atoms with van der Waals surface area (Å²) in [4.78, 5) is 2.42. The van der Waals surface area contributed by atoms with E-state index in [0.29, 0.717) is 0 Å². The van der Waals surface area contributed by atoms with E-state index in [2.05, 4.69) is 240 Å². The standard InChI is InChI=1S/C62H40N2O/c1-2-19-51-44(13-1)33-34-45-14-11-26-58(61(45)51)63(49-17-10-16-47(40-49)52-23-12-28-60-62(52)55-22-5-8-27-59(55)65-60)48-37-35-42(36-38-48)41-29-31-43(32-30-41)46-15-9-18-50(39-46)64-56-24-6-3-20-53(56)54-21-4-7-25-57(54)64/h1-40H. The maximum absolute atomic E-state index is 6.33. The van der Waals surface area contributed by atoms with Gasteiger partial charge in [-0.05, 0) is 116 Å². The SMILES string of the molecule is c1cc(-c2cccc3oc4ccccc4c23)cc(N(c2ccc(-c3ccc(-c4cccc(-n5c6ccccc6c6ccccc65)c4)cc3)cc2)c2cccc3ccc4ccccc4c23)c1. The maximum atomic E-state index is 6.33. The van der Waals surface area contributed by atoms with E-state index < -0.39 is 0 Å². The fourth-order valence-corrected chi connectivity index (χ4v) is 10.2. The van der Waals surface area contributed by atoms with Crippen LogP contribution in [0.3, 0.4) is 0 Å². The second-order valence-corrected chi connectivity index (χ2v) is 16.9. The van der Waals surface area contributed by atoms with Gasteiger partial charge in [-0.25, -0.2) is 0 Å². The Labute approximate surface area is 376 Å². The zero-order valence-electron chi connectivity index (χ0n) is 35.4. The molecule has 0 radical (unpaired) electrons. The second-order valence-electron chi connectivity index (χ2n) is 16.9. The number of hydrogen-bond acceptors (Lipinski definition) is 2. The van der Waals surface area contributed by atoms with Crippen molar-refractivity contribution < 1.29 is 4.42 Å². The predicted octanol–water partition coefficient (Wildman–Crippen LogP) is 17.5. The molecule has 0 amide bonds. The lowest BCUT2D eigenvalue weighted by Crippen LogP contribution is -2.10. The molecule has 65 heavy (non-hydrogen) atoms. The summed E-state index contributed by atoms with van der Waals surface area (Å²) in [5.41, 5.74) is 15.6. The number of nitrogens with zero attached hydrogens (tertiary/aromatic N) is 2. The summed E-state index contributed by atoms with van der Waals surface area (Å²) in [5.74, 6) is 0. The summed E-state index contributed by atoms with van der Waals surface area (Å²) >= 11 is 0. The number of fused-ring (bicyclic) bond motifs is 9. The third-order valence-electron chi connectivity index (χ3n) is 13.2. The number of furan rings is 1. The normalized spacial score (nSPS) is 11.7. The maximum Gasteiger partial charge on any atom is 0.136 e. The van der Waals surface area contributed by atoms with E-state index in [-0.39, 0.29) is 0 Å². The van der Waals surface area contributed by atoms with Crippen LogP contribution in [0.4, 0.5) is 17.1 Å². The quantitative estimate of drug-likeness (QED) is 0.149. The van der Waals surface area contributed by atoms with E-state index in [1.165, 1.54) is 60.0 Å². The van der Waals surface area contributed by atoms with Crippen molar-refractivity contribution >= 4 is 82.4 Å². The third kappa shape index (κ3) is 6.12. The molecule has 0 aliphatic heterocycles. The van der Waals surface area contributed by atoms with Crippen molar-refractivity contribution in [2.75, 3.05) is 4.90 Å². The van der Waals surface area contributed by atoms with E-state index in [4.69, 9.17) is 4.42 Å². The largest absolute Gasteiger partial charge is 0.456 e. The van der Waals surface area contributed by atoms with Crippen LogP contribution in [0.5, 0.6) is 0 Å². The van der Waals surface area contributed by atoms with E-state index in [9.17, 15) is 0 Å². The molecule has 2 aromatic heterocycles. The smallest absolute Gasteiger partial charge is 0.136 e. The summed E-state index contributed by atoms with van der Waals surface area (Å²) in [6.45, 7) is 0. The van der Waals surface area contributed by atoms with Gasteiger partial charge in [-0.2, -0.15) is 0 Å². The van der Waals surface area contributed by atoms with Crippen LogP contribution >= 0.6 is 0 Å². The third-order valence-corrected chi connectivity index (χ3v) is 13.2. The first-order valence-corrected chi connectivity index (χ1v) is 22.2. The van der Waals surface area contributed by atoms with Gasteiger partial charge in [-0.3, -0.25) is 0 Å². The molecule has 0 unspecified atom stereocenters. The Morgan fingerprint density at radius 1 is 0.323 bits per heavy atom. The first-order valence-electron chi connectivity index (χ1n) is 22.2. The van der Waals surface area contributed by atoms with Crippen molar-refractivity contribution in [1.29, 1.82) is 0 Å². The summed E-state index contributed by atoms with van der Waals surface area (Å²) in [7, 11) is 0. The average Bonchev–Trinajstić information content (AvgIpc) is 3.93. The molecule has 0 aliphatic carbocycles. The van der Waals surface area contributed by atoms with Crippen molar-refractivity contribution in [3.05, 3.63) is 243 Å². The molecule has 0 saturated carbocycles. The molecule has 304 valence electrons. The Hall–Kier alpha value is -8.66. The molecule has 2 heterocycles. The highest BCUT2D eigenvalue weighted by Crippen LogP contribution is 2.44. The van der Waals surface area contributed by atoms with Gasteiger partial charge >= 0.3 is 0 Å². The van der Waals surface area contributed by atoms with Gasteiger partial charge in [0.2, 0.25) is 0 Å². The van der Waals surface area contributed by atoms with E-state index >= 15 is 0 Å². The number of anilines is 3. The number of hydrogen-bond donors (Lipinski definition) is 0. The molecular weight excluding hydrogens is 789 g/mol. The lowest BCUT2D eigenvalue weighted by molar-refractivity contribution is 0.669. The first kappa shape index (κ1) is 36.9. The fourth-order valence-electron chi connectivity index (χ4n) is 10.2. The second kappa shape index (κ2) is 15.0. The first-order chi connectivity index (χ1) is 32.2. The molecule has 0 fully saturated rings.